The molecule has 0 aromatic rings. The predicted octanol–water partition coefficient (Wildman–Crippen LogP) is 1.49. The van der Waals surface area contributed by atoms with Gasteiger partial charge in [0.1, 0.15) is 0 Å². The second kappa shape index (κ2) is 3.36. The van der Waals surface area contributed by atoms with Crippen LogP contribution in [0.5, 0.6) is 0 Å². The molecule has 0 unspecified atom stereocenters. The van der Waals surface area contributed by atoms with Gasteiger partial charge < -0.3 is 0 Å². The van der Waals surface area contributed by atoms with Gasteiger partial charge in [0.15, 0.2) is 0 Å². The van der Waals surface area contributed by atoms with Gasteiger partial charge in [-0.2, -0.15) is 13.5 Å². The fraction of sp³-hybridized carbons (Fsp3) is 1.00. The Morgan fingerprint density at radius 3 is 1.17 bits per heavy atom. The Bertz CT molecular complexity index is 23.0. The first-order chi connectivity index (χ1) is 2.00. The van der Waals surface area contributed by atoms with Crippen LogP contribution in [0.1, 0.15) is 20.8 Å². The van der Waals surface area contributed by atoms with Gasteiger partial charge in [0.2, 0.25) is 0 Å². The SMILES string of the molecule is C[C](C)(C)[Na].S. The van der Waals surface area contributed by atoms with Crippen molar-refractivity contribution in [2.24, 2.45) is 0 Å². The smallest absolute Gasteiger partial charge is 0.197 e. The molecule has 0 rings (SSSR count). The molecule has 0 nitrogen and oxygen atoms in total. The van der Waals surface area contributed by atoms with Gasteiger partial charge in [-0.05, 0) is 0 Å². The minimum atomic E-state index is 0. The predicted molar refractivity (Wildman–Crippen MR) is 35.9 cm³/mol. The van der Waals surface area contributed by atoms with Gasteiger partial charge in [-0.1, -0.05) is 0 Å². The molecule has 2 heteroatoms. The van der Waals surface area contributed by atoms with Crippen molar-refractivity contribution >= 4 is 41.4 Å². The summed E-state index contributed by atoms with van der Waals surface area (Å²) in [6.07, 6.45) is 0. The molecule has 0 radical (unpaired) electrons. The van der Waals surface area contributed by atoms with Crippen molar-refractivity contribution in [1.82, 2.24) is 0 Å². The van der Waals surface area contributed by atoms with E-state index in [-0.39, 0.29) is 13.5 Å². The zero-order valence-electron chi connectivity index (χ0n) is 5.00. The van der Waals surface area contributed by atoms with Crippen molar-refractivity contribution in [2.75, 3.05) is 0 Å². The topological polar surface area (TPSA) is 0 Å². The first-order valence-corrected chi connectivity index (χ1v) is 3.00. The van der Waals surface area contributed by atoms with Gasteiger partial charge in [0, 0.05) is 0 Å². The Morgan fingerprint density at radius 1 is 1.17 bits per heavy atom. The fourth-order valence-corrected chi connectivity index (χ4v) is 0. The summed E-state index contributed by atoms with van der Waals surface area (Å²) in [6, 6.07) is 0. The molecule has 6 heavy (non-hydrogen) atoms. The van der Waals surface area contributed by atoms with Crippen molar-refractivity contribution in [1.29, 1.82) is 0 Å². The van der Waals surface area contributed by atoms with Gasteiger partial charge >= 0.3 is 51.4 Å². The molecule has 0 fully saturated rings. The van der Waals surface area contributed by atoms with E-state index in [0.717, 1.165) is 0 Å². The first-order valence-electron chi connectivity index (χ1n) is 2.00. The summed E-state index contributed by atoms with van der Waals surface area (Å²) >= 11 is 1.31. The normalized spacial score (nSPS) is 10.2. The number of hydrogen-bond donors (Lipinski definition) is 0. The van der Waals surface area contributed by atoms with Crippen molar-refractivity contribution < 1.29 is 0 Å². The van der Waals surface area contributed by atoms with Gasteiger partial charge in [0.05, 0.1) is 0 Å². The third-order valence-electron chi connectivity index (χ3n) is 0. The van der Waals surface area contributed by atoms with Crippen LogP contribution in [-0.4, -0.2) is 27.9 Å². The van der Waals surface area contributed by atoms with Gasteiger partial charge in [-0.15, -0.1) is 0 Å². The number of rotatable bonds is 0. The van der Waals surface area contributed by atoms with Crippen molar-refractivity contribution in [3.63, 3.8) is 0 Å². The van der Waals surface area contributed by atoms with Gasteiger partial charge in [-0.3, -0.25) is 0 Å². The zero-order chi connectivity index (χ0) is 4.50. The molecule has 0 heterocycles. The molecule has 0 bridgehead atoms. The van der Waals surface area contributed by atoms with E-state index in [4.69, 9.17) is 0 Å². The first kappa shape index (κ1) is 10.4. The quantitative estimate of drug-likeness (QED) is 0.418. The van der Waals surface area contributed by atoms with E-state index >= 15 is 0 Å². The molecule has 0 N–H and O–H groups in total. The van der Waals surface area contributed by atoms with Crippen LogP contribution >= 0.6 is 13.5 Å². The van der Waals surface area contributed by atoms with Gasteiger partial charge in [-0.25, -0.2) is 0 Å². The summed E-state index contributed by atoms with van der Waals surface area (Å²) in [5, 5.41) is 0. The summed E-state index contributed by atoms with van der Waals surface area (Å²) < 4.78 is 0.639. The minimum absolute atomic E-state index is 0. The average Bonchev–Trinajstić information content (AvgIpc) is 0.722. The second-order valence-corrected chi connectivity index (χ2v) is 6.00. The average molecular weight is 114 g/mol. The summed E-state index contributed by atoms with van der Waals surface area (Å²) in [5.74, 6) is 0. The Balaban J connectivity index is 0. The minimum Gasteiger partial charge on any atom is -0.197 e. The van der Waals surface area contributed by atoms with E-state index < -0.39 is 0 Å². The van der Waals surface area contributed by atoms with Gasteiger partial charge in [0.25, 0.3) is 0 Å². The van der Waals surface area contributed by atoms with E-state index in [9.17, 15) is 0 Å². The van der Waals surface area contributed by atoms with Crippen LogP contribution < -0.4 is 0 Å². The third kappa shape index (κ3) is 55.5. The van der Waals surface area contributed by atoms with E-state index in [1.165, 1.54) is 27.9 Å². The Labute approximate surface area is 64.6 Å². The molecule has 0 saturated heterocycles. The van der Waals surface area contributed by atoms with Crippen molar-refractivity contribution in [2.45, 2.75) is 23.4 Å². The van der Waals surface area contributed by atoms with Crippen molar-refractivity contribution in [3.8, 4) is 0 Å². The molecule has 0 saturated carbocycles. The molecule has 0 aromatic heterocycles. The molecule has 0 aliphatic rings. The Kier molecular flexibility index (Phi) is 5.81. The summed E-state index contributed by atoms with van der Waals surface area (Å²) in [6.45, 7) is 6.75. The maximum atomic E-state index is 2.25. The summed E-state index contributed by atoms with van der Waals surface area (Å²) in [7, 11) is 0. The van der Waals surface area contributed by atoms with Crippen LogP contribution in [0.3, 0.4) is 0 Å². The summed E-state index contributed by atoms with van der Waals surface area (Å²) in [4.78, 5) is 0. The van der Waals surface area contributed by atoms with Crippen LogP contribution in [0.2, 0.25) is 2.66 Å². The van der Waals surface area contributed by atoms with E-state index in [2.05, 4.69) is 20.8 Å². The van der Waals surface area contributed by atoms with Crippen LogP contribution in [0.25, 0.3) is 0 Å². The molecule has 0 aliphatic carbocycles. The molecule has 0 amide bonds. The summed E-state index contributed by atoms with van der Waals surface area (Å²) in [5.41, 5.74) is 0. The maximum absolute atomic E-state index is 2.25. The zero-order valence-corrected chi connectivity index (χ0v) is 8.00. The number of hydrogen-bond acceptors (Lipinski definition) is 0. The molecular weight excluding hydrogens is 103 g/mol. The van der Waals surface area contributed by atoms with Crippen LogP contribution in [-0.2, 0) is 0 Å². The van der Waals surface area contributed by atoms with Crippen LogP contribution in [0.4, 0.5) is 0 Å². The van der Waals surface area contributed by atoms with E-state index in [1.807, 2.05) is 0 Å². The van der Waals surface area contributed by atoms with Crippen LogP contribution in [0.15, 0.2) is 0 Å². The van der Waals surface area contributed by atoms with Crippen molar-refractivity contribution in [3.05, 3.63) is 0 Å². The fourth-order valence-electron chi connectivity index (χ4n) is 0. The maximum Gasteiger partial charge on any atom is -0.197 e. The third-order valence-corrected chi connectivity index (χ3v) is 0. The second-order valence-electron chi connectivity index (χ2n) is 3.00. The molecule has 0 spiro atoms. The monoisotopic (exact) mass is 114 g/mol. The standard InChI is InChI=1S/C4H9.Na.H2S/c1-4(2)3;;/h1-3H3;;1H2. The molecular formula is C4H11NaS. The molecule has 34 valence electrons. The Morgan fingerprint density at radius 2 is 1.17 bits per heavy atom. The van der Waals surface area contributed by atoms with Crippen LogP contribution in [0, 0.1) is 0 Å². The largest absolute Gasteiger partial charge is 0.197 e. The Hall–Kier alpha value is 1.35. The van der Waals surface area contributed by atoms with E-state index in [0.29, 0.717) is 2.66 Å². The molecule has 0 aliphatic heterocycles. The molecule has 0 aromatic carbocycles. The molecule has 0 atom stereocenters. The van der Waals surface area contributed by atoms with E-state index in [1.54, 1.807) is 0 Å².